The molecule has 2 aliphatic rings. The molecule has 0 unspecified atom stereocenters. The van der Waals surface area contributed by atoms with E-state index >= 15 is 0 Å². The van der Waals surface area contributed by atoms with Gasteiger partial charge in [0.25, 0.3) is 0 Å². The smallest absolute Gasteiger partial charge is 0.306 e. The van der Waals surface area contributed by atoms with Crippen molar-refractivity contribution in [1.82, 2.24) is 0 Å². The molecule has 0 bridgehead atoms. The standard InChI is InChI=1S/C10H16O4/c1-2-3-4-7-9-6(10(12)13-7)5-8(11)14-9/h6-7,9-10,12H,2-5H2,1H3/t6-,7+,9+,10-/m0/s1. The molecule has 0 aromatic heterocycles. The first kappa shape index (κ1) is 9.93. The van der Waals surface area contributed by atoms with Crippen LogP contribution in [-0.2, 0) is 14.3 Å². The van der Waals surface area contributed by atoms with Crippen LogP contribution in [0, 0.1) is 5.92 Å². The highest BCUT2D eigenvalue weighted by Gasteiger charge is 2.50. The molecule has 0 aromatic carbocycles. The zero-order chi connectivity index (χ0) is 10.1. The maximum atomic E-state index is 11.0. The lowest BCUT2D eigenvalue weighted by Crippen LogP contribution is -2.24. The van der Waals surface area contributed by atoms with Crippen LogP contribution in [0.3, 0.4) is 0 Å². The number of hydrogen-bond donors (Lipinski definition) is 1. The lowest BCUT2D eigenvalue weighted by Gasteiger charge is -2.15. The molecule has 80 valence electrons. The second-order valence-electron chi connectivity index (χ2n) is 4.03. The minimum atomic E-state index is -0.812. The predicted molar refractivity (Wildman–Crippen MR) is 48.4 cm³/mol. The highest BCUT2D eigenvalue weighted by Crippen LogP contribution is 2.37. The Morgan fingerprint density at radius 2 is 2.36 bits per heavy atom. The molecular weight excluding hydrogens is 184 g/mol. The Hall–Kier alpha value is -0.610. The summed E-state index contributed by atoms with van der Waals surface area (Å²) in [6.45, 7) is 2.10. The molecule has 4 heteroatoms. The summed E-state index contributed by atoms with van der Waals surface area (Å²) in [5, 5.41) is 9.53. The summed E-state index contributed by atoms with van der Waals surface area (Å²) in [4.78, 5) is 11.0. The summed E-state index contributed by atoms with van der Waals surface area (Å²) < 4.78 is 10.5. The van der Waals surface area contributed by atoms with E-state index in [4.69, 9.17) is 9.47 Å². The van der Waals surface area contributed by atoms with Crippen LogP contribution in [0.15, 0.2) is 0 Å². The van der Waals surface area contributed by atoms with Gasteiger partial charge in [-0.3, -0.25) is 4.79 Å². The molecule has 4 atom stereocenters. The van der Waals surface area contributed by atoms with Crippen LogP contribution in [0.1, 0.15) is 32.6 Å². The average Bonchev–Trinajstić information content (AvgIpc) is 2.64. The van der Waals surface area contributed by atoms with Gasteiger partial charge in [0.1, 0.15) is 6.10 Å². The fraction of sp³-hybridized carbons (Fsp3) is 0.900. The molecule has 0 spiro atoms. The summed E-state index contributed by atoms with van der Waals surface area (Å²) in [6, 6.07) is 0. The molecule has 0 saturated carbocycles. The number of carbonyl (C=O) groups excluding carboxylic acids is 1. The van der Waals surface area contributed by atoms with Gasteiger partial charge in [-0.15, -0.1) is 0 Å². The van der Waals surface area contributed by atoms with E-state index in [2.05, 4.69) is 6.92 Å². The Balaban J connectivity index is 1.97. The highest BCUT2D eigenvalue weighted by molar-refractivity contribution is 5.72. The van der Waals surface area contributed by atoms with Crippen LogP contribution in [0.5, 0.6) is 0 Å². The summed E-state index contributed by atoms with van der Waals surface area (Å²) in [5.74, 6) is -0.340. The number of ether oxygens (including phenoxy) is 2. The maximum absolute atomic E-state index is 11.0. The van der Waals surface area contributed by atoms with Crippen molar-refractivity contribution >= 4 is 5.97 Å². The monoisotopic (exact) mass is 200 g/mol. The van der Waals surface area contributed by atoms with Crippen molar-refractivity contribution in [2.24, 2.45) is 5.92 Å². The molecule has 0 radical (unpaired) electrons. The van der Waals surface area contributed by atoms with Crippen LogP contribution in [0.4, 0.5) is 0 Å². The quantitative estimate of drug-likeness (QED) is 0.685. The zero-order valence-corrected chi connectivity index (χ0v) is 8.31. The molecule has 2 saturated heterocycles. The number of aliphatic hydroxyl groups excluding tert-OH is 1. The SMILES string of the molecule is CCCC[C@H]1O[C@H](O)[C@H]2CC(=O)O[C@H]21. The number of carbonyl (C=O) groups is 1. The van der Waals surface area contributed by atoms with Crippen molar-refractivity contribution < 1.29 is 19.4 Å². The van der Waals surface area contributed by atoms with E-state index in [0.717, 1.165) is 19.3 Å². The fourth-order valence-electron chi connectivity index (χ4n) is 2.21. The lowest BCUT2D eigenvalue weighted by molar-refractivity contribution is -0.152. The van der Waals surface area contributed by atoms with Crippen LogP contribution in [-0.4, -0.2) is 29.6 Å². The molecule has 14 heavy (non-hydrogen) atoms. The summed E-state index contributed by atoms with van der Waals surface area (Å²) >= 11 is 0. The average molecular weight is 200 g/mol. The largest absolute Gasteiger partial charge is 0.459 e. The Kier molecular flexibility index (Phi) is 2.74. The first-order valence-corrected chi connectivity index (χ1v) is 5.25. The van der Waals surface area contributed by atoms with Crippen molar-refractivity contribution in [1.29, 1.82) is 0 Å². The van der Waals surface area contributed by atoms with Crippen molar-refractivity contribution in [3.63, 3.8) is 0 Å². The van der Waals surface area contributed by atoms with Crippen molar-refractivity contribution in [2.75, 3.05) is 0 Å². The molecule has 2 rings (SSSR count). The summed E-state index contributed by atoms with van der Waals surface area (Å²) in [7, 11) is 0. The van der Waals surface area contributed by atoms with Gasteiger partial charge in [-0.1, -0.05) is 19.8 Å². The second kappa shape index (κ2) is 3.87. The van der Waals surface area contributed by atoms with Crippen molar-refractivity contribution in [3.05, 3.63) is 0 Å². The van der Waals surface area contributed by atoms with Crippen molar-refractivity contribution in [3.8, 4) is 0 Å². The first-order chi connectivity index (χ1) is 6.72. The molecule has 0 amide bonds. The van der Waals surface area contributed by atoms with E-state index in [0.29, 0.717) is 6.42 Å². The Morgan fingerprint density at radius 1 is 1.57 bits per heavy atom. The number of unbranched alkanes of at least 4 members (excludes halogenated alkanes) is 1. The number of aliphatic hydroxyl groups is 1. The zero-order valence-electron chi connectivity index (χ0n) is 8.31. The van der Waals surface area contributed by atoms with Gasteiger partial charge < -0.3 is 14.6 Å². The third-order valence-electron chi connectivity index (χ3n) is 2.98. The molecule has 0 aliphatic carbocycles. The molecule has 4 nitrogen and oxygen atoms in total. The normalized spacial score (nSPS) is 41.1. The number of rotatable bonds is 3. The van der Waals surface area contributed by atoms with Gasteiger partial charge in [-0.05, 0) is 6.42 Å². The van der Waals surface area contributed by atoms with Crippen LogP contribution in [0.25, 0.3) is 0 Å². The van der Waals surface area contributed by atoms with Gasteiger partial charge in [0.2, 0.25) is 0 Å². The molecule has 1 N–H and O–H groups in total. The van der Waals surface area contributed by atoms with E-state index in [1.165, 1.54) is 0 Å². The van der Waals surface area contributed by atoms with Gasteiger partial charge in [0.05, 0.1) is 18.4 Å². The minimum absolute atomic E-state index is 0.0959. The van der Waals surface area contributed by atoms with Gasteiger partial charge in [0.15, 0.2) is 6.29 Å². The molecule has 2 heterocycles. The van der Waals surface area contributed by atoms with E-state index in [9.17, 15) is 9.90 Å². The van der Waals surface area contributed by atoms with Crippen molar-refractivity contribution in [2.45, 2.75) is 51.1 Å². The third-order valence-corrected chi connectivity index (χ3v) is 2.98. The first-order valence-electron chi connectivity index (χ1n) is 5.25. The predicted octanol–water partition coefficient (Wildman–Crippen LogP) is 0.825. The molecular formula is C10H16O4. The van der Waals surface area contributed by atoms with Gasteiger partial charge in [0, 0.05) is 0 Å². The van der Waals surface area contributed by atoms with Crippen LogP contribution in [0.2, 0.25) is 0 Å². The van der Waals surface area contributed by atoms with E-state index in [1.807, 2.05) is 0 Å². The Morgan fingerprint density at radius 3 is 3.07 bits per heavy atom. The van der Waals surface area contributed by atoms with E-state index in [-0.39, 0.29) is 24.1 Å². The maximum Gasteiger partial charge on any atom is 0.306 e. The van der Waals surface area contributed by atoms with E-state index < -0.39 is 6.29 Å². The molecule has 2 fully saturated rings. The second-order valence-corrected chi connectivity index (χ2v) is 4.03. The number of fused-ring (bicyclic) bond motifs is 1. The molecule has 0 aromatic rings. The lowest BCUT2D eigenvalue weighted by atomic mass is 9.97. The summed E-state index contributed by atoms with van der Waals surface area (Å²) in [5.41, 5.74) is 0. The van der Waals surface area contributed by atoms with Crippen LogP contribution < -0.4 is 0 Å². The van der Waals surface area contributed by atoms with Gasteiger partial charge in [-0.25, -0.2) is 0 Å². The summed E-state index contributed by atoms with van der Waals surface area (Å²) in [6.07, 6.45) is 2.18. The third kappa shape index (κ3) is 1.64. The minimum Gasteiger partial charge on any atom is -0.459 e. The van der Waals surface area contributed by atoms with Gasteiger partial charge in [-0.2, -0.15) is 0 Å². The number of esters is 1. The Labute approximate surface area is 83.2 Å². The van der Waals surface area contributed by atoms with Crippen LogP contribution >= 0.6 is 0 Å². The van der Waals surface area contributed by atoms with E-state index in [1.54, 1.807) is 0 Å². The number of hydrogen-bond acceptors (Lipinski definition) is 4. The topological polar surface area (TPSA) is 55.8 Å². The fourth-order valence-corrected chi connectivity index (χ4v) is 2.21. The molecule has 2 aliphatic heterocycles. The van der Waals surface area contributed by atoms with Gasteiger partial charge >= 0.3 is 5.97 Å². The highest BCUT2D eigenvalue weighted by atomic mass is 16.7. The Bertz CT molecular complexity index is 228.